The maximum Gasteiger partial charge on any atom is 0.238 e. The predicted molar refractivity (Wildman–Crippen MR) is 44.2 cm³/mol. The van der Waals surface area contributed by atoms with Crippen LogP contribution in [0.3, 0.4) is 0 Å². The van der Waals surface area contributed by atoms with Gasteiger partial charge in [0.1, 0.15) is 6.29 Å². The number of amides is 1. The number of nitrogens with one attached hydrogen (secondary N) is 1. The molecular weight excluding hydrogens is 156 g/mol. The molecule has 0 aromatic rings. The van der Waals surface area contributed by atoms with Gasteiger partial charge in [-0.25, -0.2) is 5.43 Å². The molecule has 0 bridgehead atoms. The van der Waals surface area contributed by atoms with E-state index in [1.54, 1.807) is 0 Å². The number of hydrazine groups is 1. The Balaban J connectivity index is 2.46. The maximum atomic E-state index is 11.2. The average molecular weight is 170 g/mol. The summed E-state index contributed by atoms with van der Waals surface area (Å²) >= 11 is 0. The van der Waals surface area contributed by atoms with Crippen LogP contribution in [0.15, 0.2) is 0 Å². The van der Waals surface area contributed by atoms with Crippen molar-refractivity contribution in [3.63, 3.8) is 0 Å². The van der Waals surface area contributed by atoms with Crippen molar-refractivity contribution in [2.24, 2.45) is 0 Å². The normalized spacial score (nSPS) is 21.5. The van der Waals surface area contributed by atoms with Crippen molar-refractivity contribution in [1.82, 2.24) is 10.4 Å². The smallest absolute Gasteiger partial charge is 0.238 e. The van der Waals surface area contributed by atoms with Gasteiger partial charge in [-0.05, 0) is 13.8 Å². The highest BCUT2D eigenvalue weighted by molar-refractivity contribution is 5.79. The van der Waals surface area contributed by atoms with Gasteiger partial charge in [0.2, 0.25) is 5.91 Å². The van der Waals surface area contributed by atoms with Crippen LogP contribution in [0.1, 0.15) is 26.7 Å². The molecule has 0 saturated carbocycles. The van der Waals surface area contributed by atoms with Crippen LogP contribution in [0.2, 0.25) is 0 Å². The van der Waals surface area contributed by atoms with E-state index in [0.29, 0.717) is 19.4 Å². The van der Waals surface area contributed by atoms with Gasteiger partial charge in [-0.2, -0.15) is 0 Å². The number of rotatable bonds is 3. The van der Waals surface area contributed by atoms with Gasteiger partial charge in [0.15, 0.2) is 0 Å². The lowest BCUT2D eigenvalue weighted by atomic mass is 10.0. The van der Waals surface area contributed by atoms with Crippen molar-refractivity contribution in [2.75, 3.05) is 6.54 Å². The molecule has 1 aliphatic rings. The van der Waals surface area contributed by atoms with Crippen LogP contribution in [-0.2, 0) is 9.59 Å². The van der Waals surface area contributed by atoms with E-state index < -0.39 is 0 Å². The monoisotopic (exact) mass is 170 g/mol. The molecule has 1 amide bonds. The molecule has 0 atom stereocenters. The number of hydrogen-bond acceptors (Lipinski definition) is 3. The van der Waals surface area contributed by atoms with E-state index in [2.05, 4.69) is 5.43 Å². The summed E-state index contributed by atoms with van der Waals surface area (Å²) in [5.74, 6) is 0.0712. The van der Waals surface area contributed by atoms with Gasteiger partial charge in [-0.3, -0.25) is 9.80 Å². The summed E-state index contributed by atoms with van der Waals surface area (Å²) in [4.78, 5) is 21.3. The molecule has 1 saturated heterocycles. The Labute approximate surface area is 71.9 Å². The molecule has 0 radical (unpaired) electrons. The van der Waals surface area contributed by atoms with E-state index >= 15 is 0 Å². The van der Waals surface area contributed by atoms with Gasteiger partial charge in [-0.1, -0.05) is 0 Å². The van der Waals surface area contributed by atoms with Gasteiger partial charge in [0.25, 0.3) is 0 Å². The zero-order valence-corrected chi connectivity index (χ0v) is 7.46. The number of aldehydes is 1. The van der Waals surface area contributed by atoms with Crippen molar-refractivity contribution < 1.29 is 9.59 Å². The van der Waals surface area contributed by atoms with E-state index in [0.717, 1.165) is 6.29 Å². The Morgan fingerprint density at radius 2 is 2.33 bits per heavy atom. The lowest BCUT2D eigenvalue weighted by Gasteiger charge is -2.20. The summed E-state index contributed by atoms with van der Waals surface area (Å²) in [6, 6.07) is 0. The molecule has 1 aliphatic heterocycles. The molecule has 4 nitrogen and oxygen atoms in total. The van der Waals surface area contributed by atoms with Crippen molar-refractivity contribution >= 4 is 12.2 Å². The largest absolute Gasteiger partial charge is 0.303 e. The molecule has 1 fully saturated rings. The summed E-state index contributed by atoms with van der Waals surface area (Å²) in [6.45, 7) is 4.41. The molecule has 1 rings (SSSR count). The first-order chi connectivity index (χ1) is 5.55. The third kappa shape index (κ3) is 2.04. The van der Waals surface area contributed by atoms with Crippen LogP contribution in [0, 0.1) is 0 Å². The van der Waals surface area contributed by atoms with Crippen molar-refractivity contribution in [1.29, 1.82) is 0 Å². The van der Waals surface area contributed by atoms with Gasteiger partial charge in [0.05, 0.1) is 0 Å². The first-order valence-electron chi connectivity index (χ1n) is 4.07. The Morgan fingerprint density at radius 3 is 2.75 bits per heavy atom. The first kappa shape index (κ1) is 9.19. The Morgan fingerprint density at radius 1 is 1.67 bits per heavy atom. The van der Waals surface area contributed by atoms with E-state index in [9.17, 15) is 9.59 Å². The zero-order chi connectivity index (χ0) is 9.19. The molecule has 0 aliphatic carbocycles. The highest BCUT2D eigenvalue weighted by Gasteiger charge is 2.34. The van der Waals surface area contributed by atoms with Crippen LogP contribution in [0.4, 0.5) is 0 Å². The molecule has 1 N–H and O–H groups in total. The summed E-state index contributed by atoms with van der Waals surface area (Å²) < 4.78 is 0. The van der Waals surface area contributed by atoms with Gasteiger partial charge < -0.3 is 4.79 Å². The fourth-order valence-corrected chi connectivity index (χ4v) is 1.30. The lowest BCUT2D eigenvalue weighted by Crippen LogP contribution is -2.42. The number of carbonyl (C=O) groups is 2. The summed E-state index contributed by atoms with van der Waals surface area (Å²) in [5, 5.41) is 1.52. The second-order valence-corrected chi connectivity index (χ2v) is 3.67. The number of hydrogen-bond donors (Lipinski definition) is 1. The van der Waals surface area contributed by atoms with Crippen LogP contribution in [-0.4, -0.2) is 29.3 Å². The molecule has 1 heterocycles. The van der Waals surface area contributed by atoms with Crippen LogP contribution >= 0.6 is 0 Å². The Bertz CT molecular complexity index is 201. The summed E-state index contributed by atoms with van der Waals surface area (Å²) in [6.07, 6.45) is 1.72. The second kappa shape index (κ2) is 3.23. The van der Waals surface area contributed by atoms with Crippen LogP contribution in [0.5, 0.6) is 0 Å². The van der Waals surface area contributed by atoms with E-state index in [1.165, 1.54) is 5.01 Å². The van der Waals surface area contributed by atoms with Crippen molar-refractivity contribution in [3.8, 4) is 0 Å². The minimum atomic E-state index is -0.153. The third-order valence-electron chi connectivity index (χ3n) is 1.80. The molecule has 0 spiro atoms. The molecule has 4 heteroatoms. The highest BCUT2D eigenvalue weighted by atomic mass is 16.2. The van der Waals surface area contributed by atoms with E-state index in [-0.39, 0.29) is 11.4 Å². The summed E-state index contributed by atoms with van der Waals surface area (Å²) in [7, 11) is 0. The van der Waals surface area contributed by atoms with Crippen LogP contribution < -0.4 is 5.43 Å². The molecule has 0 unspecified atom stereocenters. The van der Waals surface area contributed by atoms with Gasteiger partial charge >= 0.3 is 0 Å². The third-order valence-corrected chi connectivity index (χ3v) is 1.80. The lowest BCUT2D eigenvalue weighted by molar-refractivity contribution is -0.129. The fourth-order valence-electron chi connectivity index (χ4n) is 1.30. The number of nitrogens with zero attached hydrogens (tertiary/aromatic N) is 1. The Kier molecular flexibility index (Phi) is 2.47. The minimum absolute atomic E-state index is 0.0712. The fraction of sp³-hybridized carbons (Fsp3) is 0.750. The van der Waals surface area contributed by atoms with Gasteiger partial charge in [-0.15, -0.1) is 0 Å². The Hall–Kier alpha value is -0.900. The molecule has 0 aromatic heterocycles. The van der Waals surface area contributed by atoms with Crippen LogP contribution in [0.25, 0.3) is 0 Å². The zero-order valence-electron chi connectivity index (χ0n) is 7.46. The first-order valence-corrected chi connectivity index (χ1v) is 4.07. The van der Waals surface area contributed by atoms with Crippen molar-refractivity contribution in [2.45, 2.75) is 32.2 Å². The standard InChI is InChI=1S/C8H14N2O2/c1-8(2)6-7(12)10(9-8)4-3-5-11/h5,9H,3-4,6H2,1-2H3. The average Bonchev–Trinajstić information content (AvgIpc) is 2.20. The maximum absolute atomic E-state index is 11.2. The second-order valence-electron chi connectivity index (χ2n) is 3.67. The van der Waals surface area contributed by atoms with Crippen molar-refractivity contribution in [3.05, 3.63) is 0 Å². The molecule has 0 aromatic carbocycles. The number of carbonyl (C=O) groups excluding carboxylic acids is 2. The van der Waals surface area contributed by atoms with E-state index in [4.69, 9.17) is 0 Å². The quantitative estimate of drug-likeness (QED) is 0.611. The van der Waals surface area contributed by atoms with Gasteiger partial charge in [0, 0.05) is 24.9 Å². The topological polar surface area (TPSA) is 49.4 Å². The highest BCUT2D eigenvalue weighted by Crippen LogP contribution is 2.17. The SMILES string of the molecule is CC1(C)CC(=O)N(CCC=O)N1. The molecule has 68 valence electrons. The predicted octanol–water partition coefficient (Wildman–Crippen LogP) is 0.0909. The molecular formula is C8H14N2O2. The molecule has 12 heavy (non-hydrogen) atoms. The van der Waals surface area contributed by atoms with E-state index in [1.807, 2.05) is 13.8 Å². The summed E-state index contributed by atoms with van der Waals surface area (Å²) in [5.41, 5.74) is 2.89. The minimum Gasteiger partial charge on any atom is -0.303 e.